The molecule has 96 valence electrons. The van der Waals surface area contributed by atoms with Gasteiger partial charge in [-0.05, 0) is 42.3 Å². The summed E-state index contributed by atoms with van der Waals surface area (Å²) >= 11 is 12.0. The number of ether oxygens (including phenoxy) is 1. The van der Waals surface area contributed by atoms with Crippen LogP contribution in [-0.4, -0.2) is 0 Å². The summed E-state index contributed by atoms with van der Waals surface area (Å²) in [4.78, 5) is 0. The van der Waals surface area contributed by atoms with Gasteiger partial charge in [0.25, 0.3) is 0 Å². The van der Waals surface area contributed by atoms with Crippen LogP contribution in [0.3, 0.4) is 0 Å². The van der Waals surface area contributed by atoms with Crippen molar-refractivity contribution >= 4 is 23.2 Å². The highest BCUT2D eigenvalue weighted by Crippen LogP contribution is 2.30. The van der Waals surface area contributed by atoms with Crippen LogP contribution >= 0.6 is 23.2 Å². The van der Waals surface area contributed by atoms with Gasteiger partial charge in [0.1, 0.15) is 17.6 Å². The molecule has 4 heteroatoms. The van der Waals surface area contributed by atoms with Crippen molar-refractivity contribution in [2.75, 3.05) is 0 Å². The van der Waals surface area contributed by atoms with Crippen LogP contribution in [-0.2, 0) is 6.42 Å². The van der Waals surface area contributed by atoms with Crippen LogP contribution in [0.5, 0.6) is 11.5 Å². The molecule has 0 spiro atoms. The molecule has 2 rings (SSSR count). The molecule has 0 atom stereocenters. The minimum Gasteiger partial charge on any atom is -0.456 e. The molecule has 19 heavy (non-hydrogen) atoms. The van der Waals surface area contributed by atoms with Gasteiger partial charge in [-0.2, -0.15) is 5.26 Å². The number of rotatable bonds is 3. The predicted molar refractivity (Wildman–Crippen MR) is 77.1 cm³/mol. The zero-order valence-electron chi connectivity index (χ0n) is 10.3. The molecule has 0 N–H and O–H groups in total. The van der Waals surface area contributed by atoms with Gasteiger partial charge in [-0.1, -0.05) is 30.1 Å². The van der Waals surface area contributed by atoms with E-state index in [0.717, 1.165) is 12.0 Å². The SMILES string of the molecule is CCc1cc(Oc2cc(Cl)ccc2C#N)ccc1Cl. The Bertz CT molecular complexity index is 647. The summed E-state index contributed by atoms with van der Waals surface area (Å²) in [6.45, 7) is 2.02. The van der Waals surface area contributed by atoms with Crippen molar-refractivity contribution in [3.8, 4) is 17.6 Å². The molecule has 0 heterocycles. The third-order valence-electron chi connectivity index (χ3n) is 2.69. The van der Waals surface area contributed by atoms with Gasteiger partial charge in [0.15, 0.2) is 0 Å². The molecule has 0 saturated carbocycles. The van der Waals surface area contributed by atoms with Gasteiger partial charge in [0.05, 0.1) is 5.56 Å². The lowest BCUT2D eigenvalue weighted by molar-refractivity contribution is 0.480. The van der Waals surface area contributed by atoms with Gasteiger partial charge >= 0.3 is 0 Å². The summed E-state index contributed by atoms with van der Waals surface area (Å²) in [6, 6.07) is 12.4. The van der Waals surface area contributed by atoms with Crippen molar-refractivity contribution in [3.05, 3.63) is 57.6 Å². The first-order valence-corrected chi connectivity index (χ1v) is 6.55. The molecule has 2 nitrogen and oxygen atoms in total. The summed E-state index contributed by atoms with van der Waals surface area (Å²) in [5, 5.41) is 10.3. The number of halogens is 2. The third-order valence-corrected chi connectivity index (χ3v) is 3.29. The lowest BCUT2D eigenvalue weighted by Crippen LogP contribution is -1.90. The van der Waals surface area contributed by atoms with Crippen LogP contribution in [0.15, 0.2) is 36.4 Å². The van der Waals surface area contributed by atoms with Crippen LogP contribution in [0.2, 0.25) is 10.0 Å². The van der Waals surface area contributed by atoms with E-state index in [1.165, 1.54) is 0 Å². The van der Waals surface area contributed by atoms with E-state index in [0.29, 0.717) is 27.1 Å². The number of nitriles is 1. The fourth-order valence-electron chi connectivity index (χ4n) is 1.69. The van der Waals surface area contributed by atoms with E-state index in [1.54, 1.807) is 30.3 Å². The molecule has 0 aliphatic heterocycles. The highest BCUT2D eigenvalue weighted by molar-refractivity contribution is 6.31. The highest BCUT2D eigenvalue weighted by atomic mass is 35.5. The van der Waals surface area contributed by atoms with Crippen molar-refractivity contribution in [3.63, 3.8) is 0 Å². The van der Waals surface area contributed by atoms with Crippen molar-refractivity contribution in [2.45, 2.75) is 13.3 Å². The Morgan fingerprint density at radius 3 is 2.63 bits per heavy atom. The van der Waals surface area contributed by atoms with E-state index in [1.807, 2.05) is 13.0 Å². The van der Waals surface area contributed by atoms with E-state index in [4.69, 9.17) is 33.2 Å². The summed E-state index contributed by atoms with van der Waals surface area (Å²) in [7, 11) is 0. The van der Waals surface area contributed by atoms with Crippen LogP contribution in [0.4, 0.5) is 0 Å². The average Bonchev–Trinajstić information content (AvgIpc) is 2.41. The summed E-state index contributed by atoms with van der Waals surface area (Å²) in [5.74, 6) is 1.08. The second-order valence-corrected chi connectivity index (χ2v) is 4.80. The van der Waals surface area contributed by atoms with E-state index in [9.17, 15) is 0 Å². The molecule has 0 fully saturated rings. The molecule has 0 unspecified atom stereocenters. The van der Waals surface area contributed by atoms with Crippen LogP contribution in [0.25, 0.3) is 0 Å². The maximum atomic E-state index is 9.04. The Morgan fingerprint density at radius 1 is 1.16 bits per heavy atom. The van der Waals surface area contributed by atoms with Gasteiger partial charge in [0, 0.05) is 16.1 Å². The third kappa shape index (κ3) is 3.20. The van der Waals surface area contributed by atoms with Crippen molar-refractivity contribution < 1.29 is 4.74 Å². The summed E-state index contributed by atoms with van der Waals surface area (Å²) in [5.41, 5.74) is 1.44. The largest absolute Gasteiger partial charge is 0.456 e. The van der Waals surface area contributed by atoms with Gasteiger partial charge < -0.3 is 4.74 Å². The molecule has 0 bridgehead atoms. The minimum atomic E-state index is 0.442. The number of hydrogen-bond donors (Lipinski definition) is 0. The molecule has 0 aliphatic carbocycles. The van der Waals surface area contributed by atoms with Gasteiger partial charge in [-0.15, -0.1) is 0 Å². The topological polar surface area (TPSA) is 33.0 Å². The molecular weight excluding hydrogens is 281 g/mol. The Labute approximate surface area is 122 Å². The van der Waals surface area contributed by atoms with E-state index < -0.39 is 0 Å². The lowest BCUT2D eigenvalue weighted by atomic mass is 10.1. The summed E-state index contributed by atoms with van der Waals surface area (Å²) in [6.07, 6.45) is 0.816. The first-order valence-electron chi connectivity index (χ1n) is 5.80. The average molecular weight is 292 g/mol. The van der Waals surface area contributed by atoms with E-state index in [2.05, 4.69) is 6.07 Å². The predicted octanol–water partition coefficient (Wildman–Crippen LogP) is 5.22. The van der Waals surface area contributed by atoms with Crippen LogP contribution in [0.1, 0.15) is 18.1 Å². The maximum Gasteiger partial charge on any atom is 0.146 e. The number of benzene rings is 2. The first kappa shape index (κ1) is 13.7. The maximum absolute atomic E-state index is 9.04. The number of aryl methyl sites for hydroxylation is 1. The highest BCUT2D eigenvalue weighted by Gasteiger charge is 2.07. The van der Waals surface area contributed by atoms with Gasteiger partial charge in [-0.3, -0.25) is 0 Å². The molecule has 0 radical (unpaired) electrons. The second kappa shape index (κ2) is 5.97. The number of hydrogen-bond acceptors (Lipinski definition) is 2. The molecule has 0 aromatic heterocycles. The first-order chi connectivity index (χ1) is 9.13. The van der Waals surface area contributed by atoms with Crippen molar-refractivity contribution in [1.82, 2.24) is 0 Å². The van der Waals surface area contributed by atoms with Crippen molar-refractivity contribution in [1.29, 1.82) is 5.26 Å². The van der Waals surface area contributed by atoms with Crippen LogP contribution < -0.4 is 4.74 Å². The Balaban J connectivity index is 2.36. The minimum absolute atomic E-state index is 0.442. The van der Waals surface area contributed by atoms with Gasteiger partial charge in [0.2, 0.25) is 0 Å². The molecular formula is C15H11Cl2NO. The summed E-state index contributed by atoms with van der Waals surface area (Å²) < 4.78 is 5.71. The standard InChI is InChI=1S/C15H11Cl2NO/c1-2-10-7-13(5-6-14(10)17)19-15-8-12(16)4-3-11(15)9-18/h3-8H,2H2,1H3. The fourth-order valence-corrected chi connectivity index (χ4v) is 2.10. The molecule has 0 aliphatic rings. The number of nitrogens with zero attached hydrogens (tertiary/aromatic N) is 1. The fraction of sp³-hybridized carbons (Fsp3) is 0.133. The van der Waals surface area contributed by atoms with Gasteiger partial charge in [-0.25, -0.2) is 0 Å². The lowest BCUT2D eigenvalue weighted by Gasteiger charge is -2.09. The van der Waals surface area contributed by atoms with Crippen LogP contribution in [0, 0.1) is 11.3 Å². The monoisotopic (exact) mass is 291 g/mol. The Morgan fingerprint density at radius 2 is 1.95 bits per heavy atom. The van der Waals surface area contributed by atoms with E-state index >= 15 is 0 Å². The Kier molecular flexibility index (Phi) is 4.31. The second-order valence-electron chi connectivity index (χ2n) is 3.96. The zero-order chi connectivity index (χ0) is 13.8. The molecule has 0 saturated heterocycles. The molecule has 2 aromatic rings. The molecule has 2 aromatic carbocycles. The molecule has 0 amide bonds. The quantitative estimate of drug-likeness (QED) is 0.777. The van der Waals surface area contributed by atoms with E-state index in [-0.39, 0.29) is 0 Å². The smallest absolute Gasteiger partial charge is 0.146 e. The normalized spacial score (nSPS) is 10.0. The Hall–Kier alpha value is -1.69. The van der Waals surface area contributed by atoms with Crippen molar-refractivity contribution in [2.24, 2.45) is 0 Å². The zero-order valence-corrected chi connectivity index (χ0v) is 11.8.